The fourth-order valence-electron chi connectivity index (χ4n) is 2.89. The molecule has 0 unspecified atom stereocenters. The Hall–Kier alpha value is -3.20. The molecule has 0 aliphatic rings. The second-order valence-corrected chi connectivity index (χ2v) is 7.29. The number of anilines is 1. The summed E-state index contributed by atoms with van der Waals surface area (Å²) in [6.45, 7) is -0.473. The van der Waals surface area contributed by atoms with Gasteiger partial charge in [-0.3, -0.25) is 4.79 Å². The molecule has 0 radical (unpaired) electrons. The van der Waals surface area contributed by atoms with Gasteiger partial charge in [0.2, 0.25) is 0 Å². The first-order valence-corrected chi connectivity index (χ1v) is 10.3. The van der Waals surface area contributed by atoms with Crippen molar-refractivity contribution in [2.75, 3.05) is 23.9 Å². The van der Waals surface area contributed by atoms with Crippen LogP contribution in [0.1, 0.15) is 6.42 Å². The number of hydrogen-bond donors (Lipinski definition) is 3. The monoisotopic (exact) mass is 415 g/mol. The van der Waals surface area contributed by atoms with Crippen LogP contribution in [0, 0.1) is 0 Å². The Bertz CT molecular complexity index is 1050. The third kappa shape index (κ3) is 5.20. The summed E-state index contributed by atoms with van der Waals surface area (Å²) in [6, 6.07) is 11.2. The number of ether oxygens (including phenoxy) is 1. The maximum absolute atomic E-state index is 12.2. The van der Waals surface area contributed by atoms with Crippen molar-refractivity contribution in [2.24, 2.45) is 5.73 Å². The average molecular weight is 415 g/mol. The first-order chi connectivity index (χ1) is 14.0. The molecule has 0 spiro atoms. The molecule has 0 aliphatic carbocycles. The van der Waals surface area contributed by atoms with Gasteiger partial charge in [0.25, 0.3) is 5.91 Å². The summed E-state index contributed by atoms with van der Waals surface area (Å²) in [5.74, 6) is -0.567. The molecule has 0 saturated heterocycles. The Morgan fingerprint density at radius 1 is 1.14 bits per heavy atom. The van der Waals surface area contributed by atoms with Gasteiger partial charge in [-0.2, -0.15) is 11.8 Å². The van der Waals surface area contributed by atoms with E-state index in [1.54, 1.807) is 18.2 Å². The molecule has 1 aromatic heterocycles. The van der Waals surface area contributed by atoms with Gasteiger partial charge in [0.05, 0.1) is 0 Å². The van der Waals surface area contributed by atoms with E-state index >= 15 is 0 Å². The number of esters is 1. The quantitative estimate of drug-likeness (QED) is 0.486. The van der Waals surface area contributed by atoms with Crippen LogP contribution in [0.25, 0.3) is 21.9 Å². The zero-order valence-electron chi connectivity index (χ0n) is 15.8. The van der Waals surface area contributed by atoms with Crippen molar-refractivity contribution in [2.45, 2.75) is 12.5 Å². The number of primary amides is 1. The van der Waals surface area contributed by atoms with Crippen LogP contribution in [0.2, 0.25) is 0 Å². The van der Waals surface area contributed by atoms with E-state index in [1.807, 2.05) is 30.5 Å². The van der Waals surface area contributed by atoms with Crippen LogP contribution in [0.5, 0.6) is 0 Å². The molecule has 1 heterocycles. The zero-order chi connectivity index (χ0) is 20.8. The summed E-state index contributed by atoms with van der Waals surface area (Å²) < 4.78 is 10.8. The molecular weight excluding hydrogens is 394 g/mol. The van der Waals surface area contributed by atoms with E-state index in [0.717, 1.165) is 16.4 Å². The summed E-state index contributed by atoms with van der Waals surface area (Å²) in [4.78, 5) is 35.4. The second-order valence-electron chi connectivity index (χ2n) is 6.31. The third-order valence-corrected chi connectivity index (χ3v) is 4.86. The molecule has 3 amide bonds. The number of hydrogen-bond acceptors (Lipinski definition) is 6. The molecule has 0 aliphatic heterocycles. The summed E-state index contributed by atoms with van der Waals surface area (Å²) in [7, 11) is 0. The largest absolute Gasteiger partial charge is 0.456 e. The van der Waals surface area contributed by atoms with Crippen LogP contribution in [-0.4, -0.2) is 42.6 Å². The first kappa shape index (κ1) is 20.5. The molecule has 3 rings (SSSR count). The van der Waals surface area contributed by atoms with Gasteiger partial charge < -0.3 is 25.5 Å². The summed E-state index contributed by atoms with van der Waals surface area (Å²) in [5.41, 5.74) is 7.12. The molecule has 0 bridgehead atoms. The van der Waals surface area contributed by atoms with Gasteiger partial charge in [-0.15, -0.1) is 0 Å². The SMILES string of the molecule is CSCC[C@@H](NC(N)=O)C(=O)OCC(=O)Nc1ccc2oc3ccccc3c2c1. The lowest BCUT2D eigenvalue weighted by Gasteiger charge is -2.15. The van der Waals surface area contributed by atoms with Crippen LogP contribution in [-0.2, 0) is 14.3 Å². The Morgan fingerprint density at radius 2 is 1.90 bits per heavy atom. The Kier molecular flexibility index (Phi) is 6.61. The van der Waals surface area contributed by atoms with E-state index in [0.29, 0.717) is 23.4 Å². The molecule has 0 saturated carbocycles. The Balaban J connectivity index is 1.61. The third-order valence-electron chi connectivity index (χ3n) is 4.22. The van der Waals surface area contributed by atoms with Gasteiger partial charge in [0, 0.05) is 16.5 Å². The molecule has 0 fully saturated rings. The number of furan rings is 1. The highest BCUT2D eigenvalue weighted by atomic mass is 32.2. The predicted octanol–water partition coefficient (Wildman–Crippen LogP) is 2.86. The van der Waals surface area contributed by atoms with Crippen molar-refractivity contribution in [3.8, 4) is 0 Å². The van der Waals surface area contributed by atoms with Gasteiger partial charge >= 0.3 is 12.0 Å². The number of carbonyl (C=O) groups is 3. The summed E-state index contributed by atoms with van der Waals surface area (Å²) in [5, 5.41) is 6.84. The highest BCUT2D eigenvalue weighted by molar-refractivity contribution is 7.98. The van der Waals surface area contributed by atoms with Crippen LogP contribution >= 0.6 is 11.8 Å². The molecular formula is C20H21N3O5S. The number of thioether (sulfide) groups is 1. The minimum absolute atomic E-state index is 0.356. The number of nitrogens with one attached hydrogen (secondary N) is 2. The van der Waals surface area contributed by atoms with Gasteiger partial charge in [-0.1, -0.05) is 18.2 Å². The fourth-order valence-corrected chi connectivity index (χ4v) is 3.37. The molecule has 1 atom stereocenters. The van der Waals surface area contributed by atoms with Crippen molar-refractivity contribution in [1.29, 1.82) is 0 Å². The number of benzene rings is 2. The molecule has 9 heteroatoms. The smallest absolute Gasteiger partial charge is 0.329 e. The second kappa shape index (κ2) is 9.33. The first-order valence-electron chi connectivity index (χ1n) is 8.90. The summed E-state index contributed by atoms with van der Waals surface area (Å²) in [6.07, 6.45) is 2.23. The van der Waals surface area contributed by atoms with Gasteiger partial charge in [-0.25, -0.2) is 9.59 Å². The van der Waals surface area contributed by atoms with Gasteiger partial charge in [0.1, 0.15) is 17.2 Å². The van der Waals surface area contributed by atoms with Crippen LogP contribution in [0.4, 0.5) is 10.5 Å². The highest BCUT2D eigenvalue weighted by Gasteiger charge is 2.22. The van der Waals surface area contributed by atoms with Crippen LogP contribution in [0.3, 0.4) is 0 Å². The predicted molar refractivity (Wildman–Crippen MR) is 113 cm³/mol. The van der Waals surface area contributed by atoms with Crippen LogP contribution < -0.4 is 16.4 Å². The van der Waals surface area contributed by atoms with E-state index in [4.69, 9.17) is 14.9 Å². The topological polar surface area (TPSA) is 124 Å². The number of nitrogens with two attached hydrogens (primary N) is 1. The number of fused-ring (bicyclic) bond motifs is 3. The number of rotatable bonds is 8. The van der Waals surface area contributed by atoms with Gasteiger partial charge in [0.15, 0.2) is 6.61 Å². The molecule has 3 aromatic rings. The number of carbonyl (C=O) groups excluding carboxylic acids is 3. The van der Waals surface area contributed by atoms with E-state index in [1.165, 1.54) is 11.8 Å². The standard InChI is InChI=1S/C20H21N3O5S/c1-29-9-8-15(23-20(21)26)19(25)27-11-18(24)22-12-6-7-17-14(10-12)13-4-2-3-5-16(13)28-17/h2-7,10,15H,8-9,11H2,1H3,(H,22,24)(H3,21,23,26)/t15-/m1/s1. The molecule has 4 N–H and O–H groups in total. The van der Waals surface area contributed by atoms with E-state index in [9.17, 15) is 14.4 Å². The van der Waals surface area contributed by atoms with E-state index in [-0.39, 0.29) is 0 Å². The van der Waals surface area contributed by atoms with Crippen LogP contribution in [0.15, 0.2) is 46.9 Å². The molecule has 2 aromatic carbocycles. The van der Waals surface area contributed by atoms with E-state index in [2.05, 4.69) is 10.6 Å². The zero-order valence-corrected chi connectivity index (χ0v) is 16.6. The van der Waals surface area contributed by atoms with Gasteiger partial charge in [-0.05, 0) is 42.7 Å². The maximum atomic E-state index is 12.2. The lowest BCUT2D eigenvalue weighted by atomic mass is 10.1. The van der Waals surface area contributed by atoms with E-state index < -0.39 is 30.6 Å². The van der Waals surface area contributed by atoms with Crippen molar-refractivity contribution >= 4 is 57.3 Å². The molecule has 152 valence electrons. The average Bonchev–Trinajstić information content (AvgIpc) is 3.07. The number of para-hydroxylation sites is 1. The highest BCUT2D eigenvalue weighted by Crippen LogP contribution is 2.30. The summed E-state index contributed by atoms with van der Waals surface area (Å²) >= 11 is 1.52. The van der Waals surface area contributed by atoms with Crippen molar-refractivity contribution in [3.63, 3.8) is 0 Å². The maximum Gasteiger partial charge on any atom is 0.329 e. The minimum Gasteiger partial charge on any atom is -0.456 e. The normalized spacial score (nSPS) is 11.9. The van der Waals surface area contributed by atoms with Crippen molar-refractivity contribution < 1.29 is 23.5 Å². The number of amides is 3. The van der Waals surface area contributed by atoms with Crippen molar-refractivity contribution in [1.82, 2.24) is 5.32 Å². The number of urea groups is 1. The lowest BCUT2D eigenvalue weighted by Crippen LogP contribution is -2.45. The lowest BCUT2D eigenvalue weighted by molar-refractivity contribution is -0.149. The Morgan fingerprint density at radius 3 is 2.66 bits per heavy atom. The van der Waals surface area contributed by atoms with Crippen molar-refractivity contribution in [3.05, 3.63) is 42.5 Å². The minimum atomic E-state index is -0.888. The Labute approximate surface area is 171 Å². The molecule has 29 heavy (non-hydrogen) atoms. The molecule has 8 nitrogen and oxygen atoms in total. The fraction of sp³-hybridized carbons (Fsp3) is 0.250.